The van der Waals surface area contributed by atoms with E-state index in [9.17, 15) is 0 Å². The Morgan fingerprint density at radius 1 is 0.256 bits per heavy atom. The second kappa shape index (κ2) is 9.64. The topological polar surface area (TPSA) is 78.1 Å². The minimum atomic E-state index is 0.774. The van der Waals surface area contributed by atoms with E-state index in [2.05, 4.69) is 103 Å². The first-order chi connectivity index (χ1) is 21.0. The van der Waals surface area contributed by atoms with E-state index in [-0.39, 0.29) is 0 Å². The highest BCUT2D eigenvalue weighted by Crippen LogP contribution is 2.40. The summed E-state index contributed by atoms with van der Waals surface area (Å²) in [6.07, 6.45) is 0. The zero-order valence-electron chi connectivity index (χ0n) is 23.5. The maximum atomic E-state index is 6.06. The lowest BCUT2D eigenvalue weighted by Gasteiger charge is -2.15. The highest BCUT2D eigenvalue weighted by molar-refractivity contribution is 6.08. The molecule has 0 heterocycles. The molecule has 0 saturated heterocycles. The van der Waals surface area contributed by atoms with E-state index in [0.29, 0.717) is 0 Å². The lowest BCUT2D eigenvalue weighted by molar-refractivity contribution is 1.63. The molecule has 6 N–H and O–H groups in total. The third-order valence-corrected chi connectivity index (χ3v) is 8.56. The van der Waals surface area contributed by atoms with Crippen molar-refractivity contribution < 1.29 is 0 Å². The minimum absolute atomic E-state index is 0.774. The van der Waals surface area contributed by atoms with Crippen molar-refractivity contribution >= 4 is 60.2 Å². The van der Waals surface area contributed by atoms with Crippen molar-refractivity contribution in [1.82, 2.24) is 0 Å². The molecular weight excluding hydrogens is 522 g/mol. The molecule has 3 nitrogen and oxygen atoms in total. The van der Waals surface area contributed by atoms with Crippen LogP contribution in [-0.4, -0.2) is 0 Å². The molecule has 0 spiro atoms. The monoisotopic (exact) mass is 551 g/mol. The minimum Gasteiger partial charge on any atom is -0.399 e. The largest absolute Gasteiger partial charge is 0.399 e. The lowest BCUT2D eigenvalue weighted by Crippen LogP contribution is -1.90. The van der Waals surface area contributed by atoms with Crippen molar-refractivity contribution in [3.63, 3.8) is 0 Å². The third kappa shape index (κ3) is 4.39. The van der Waals surface area contributed by atoms with Crippen LogP contribution < -0.4 is 17.2 Å². The molecule has 0 aromatic heterocycles. The van der Waals surface area contributed by atoms with Crippen LogP contribution in [0, 0.1) is 0 Å². The standard InChI is InChI=1S/C40H29N3/c41-34-11-7-25-17-24(1-2-28(25)20-34)31-10-14-39-37(32-5-3-29-21-35(42)12-8-26(29)18-32)15-16-38(40(39)23-31)33-6-4-30-22-36(43)13-9-27(30)19-33/h1-23H,41-43H2. The Morgan fingerprint density at radius 2 is 0.605 bits per heavy atom. The molecule has 0 bridgehead atoms. The van der Waals surface area contributed by atoms with Crippen molar-refractivity contribution in [1.29, 1.82) is 0 Å². The molecule has 8 aromatic rings. The van der Waals surface area contributed by atoms with Crippen LogP contribution in [0.3, 0.4) is 0 Å². The number of hydrogen-bond donors (Lipinski definition) is 3. The summed E-state index contributed by atoms with van der Waals surface area (Å²) in [6, 6.07) is 49.4. The zero-order valence-corrected chi connectivity index (χ0v) is 23.5. The van der Waals surface area contributed by atoms with Crippen LogP contribution in [0.2, 0.25) is 0 Å². The maximum absolute atomic E-state index is 6.06. The highest BCUT2D eigenvalue weighted by atomic mass is 14.5. The van der Waals surface area contributed by atoms with Crippen molar-refractivity contribution in [2.45, 2.75) is 0 Å². The van der Waals surface area contributed by atoms with E-state index in [0.717, 1.165) is 33.2 Å². The number of benzene rings is 8. The molecule has 0 saturated carbocycles. The summed E-state index contributed by atoms with van der Waals surface area (Å²) >= 11 is 0. The van der Waals surface area contributed by atoms with E-state index < -0.39 is 0 Å². The molecule has 0 radical (unpaired) electrons. The first-order valence-electron chi connectivity index (χ1n) is 14.4. The number of nitrogen functional groups attached to an aromatic ring is 3. The number of fused-ring (bicyclic) bond motifs is 4. The molecule has 0 aliphatic carbocycles. The van der Waals surface area contributed by atoms with Gasteiger partial charge in [0.1, 0.15) is 0 Å². The lowest BCUT2D eigenvalue weighted by atomic mass is 9.88. The van der Waals surface area contributed by atoms with Gasteiger partial charge in [-0.1, -0.05) is 78.9 Å². The summed E-state index contributed by atoms with van der Waals surface area (Å²) in [7, 11) is 0. The van der Waals surface area contributed by atoms with Crippen molar-refractivity contribution in [3.05, 3.63) is 140 Å². The summed E-state index contributed by atoms with van der Waals surface area (Å²) in [6.45, 7) is 0. The quantitative estimate of drug-likeness (QED) is 0.191. The van der Waals surface area contributed by atoms with Crippen LogP contribution in [-0.2, 0) is 0 Å². The maximum Gasteiger partial charge on any atom is 0.0320 e. The van der Waals surface area contributed by atoms with Gasteiger partial charge in [0.2, 0.25) is 0 Å². The molecule has 0 atom stereocenters. The number of nitrogens with two attached hydrogens (primary N) is 3. The first-order valence-corrected chi connectivity index (χ1v) is 14.4. The molecule has 204 valence electrons. The molecule has 0 aliphatic rings. The van der Waals surface area contributed by atoms with Gasteiger partial charge in [-0.05, 0) is 137 Å². The molecule has 43 heavy (non-hydrogen) atoms. The predicted octanol–water partition coefficient (Wildman–Crippen LogP) is 10.0. The summed E-state index contributed by atoms with van der Waals surface area (Å²) in [5, 5.41) is 9.35. The zero-order chi connectivity index (χ0) is 29.1. The number of anilines is 3. The Kier molecular flexibility index (Phi) is 5.60. The van der Waals surface area contributed by atoms with Crippen LogP contribution >= 0.6 is 0 Å². The molecule has 0 unspecified atom stereocenters. The fraction of sp³-hybridized carbons (Fsp3) is 0. The van der Waals surface area contributed by atoms with E-state index in [1.54, 1.807) is 0 Å². The Balaban J connectivity index is 1.35. The van der Waals surface area contributed by atoms with Gasteiger partial charge >= 0.3 is 0 Å². The van der Waals surface area contributed by atoms with Gasteiger partial charge in [-0.15, -0.1) is 0 Å². The Morgan fingerprint density at radius 3 is 1.12 bits per heavy atom. The summed E-state index contributed by atoms with van der Waals surface area (Å²) < 4.78 is 0. The molecule has 0 amide bonds. The smallest absolute Gasteiger partial charge is 0.0320 e. The third-order valence-electron chi connectivity index (χ3n) is 8.56. The van der Waals surface area contributed by atoms with Crippen molar-refractivity contribution in [2.24, 2.45) is 0 Å². The fourth-order valence-corrected chi connectivity index (χ4v) is 6.34. The molecule has 8 rings (SSSR count). The highest BCUT2D eigenvalue weighted by Gasteiger charge is 2.13. The van der Waals surface area contributed by atoms with Gasteiger partial charge < -0.3 is 17.2 Å². The van der Waals surface area contributed by atoms with Gasteiger partial charge in [0.15, 0.2) is 0 Å². The Labute approximate surface area is 249 Å². The Hall–Kier alpha value is -5.80. The van der Waals surface area contributed by atoms with Crippen LogP contribution in [0.5, 0.6) is 0 Å². The van der Waals surface area contributed by atoms with Crippen LogP contribution in [0.25, 0.3) is 76.5 Å². The fourth-order valence-electron chi connectivity index (χ4n) is 6.34. The van der Waals surface area contributed by atoms with Gasteiger partial charge in [0, 0.05) is 17.1 Å². The molecule has 0 fully saturated rings. The van der Waals surface area contributed by atoms with Gasteiger partial charge in [-0.3, -0.25) is 0 Å². The van der Waals surface area contributed by atoms with Crippen molar-refractivity contribution in [2.75, 3.05) is 17.2 Å². The Bertz CT molecular complexity index is 2390. The number of hydrogen-bond acceptors (Lipinski definition) is 3. The number of rotatable bonds is 3. The van der Waals surface area contributed by atoms with E-state index in [1.807, 2.05) is 36.4 Å². The van der Waals surface area contributed by atoms with E-state index in [4.69, 9.17) is 17.2 Å². The van der Waals surface area contributed by atoms with Crippen LogP contribution in [0.1, 0.15) is 0 Å². The van der Waals surface area contributed by atoms with E-state index in [1.165, 1.54) is 60.3 Å². The van der Waals surface area contributed by atoms with Crippen LogP contribution in [0.15, 0.2) is 140 Å². The molecule has 3 heteroatoms. The predicted molar refractivity (Wildman–Crippen MR) is 186 cm³/mol. The summed E-state index contributed by atoms with van der Waals surface area (Å²) in [5.41, 5.74) is 27.6. The van der Waals surface area contributed by atoms with E-state index >= 15 is 0 Å². The second-order valence-corrected chi connectivity index (χ2v) is 11.4. The normalized spacial score (nSPS) is 11.5. The summed E-state index contributed by atoms with van der Waals surface area (Å²) in [4.78, 5) is 0. The first kappa shape index (κ1) is 25.0. The SMILES string of the molecule is Nc1ccc2cc(-c3ccc4c(-c5ccc6cc(N)ccc6c5)ccc(-c5ccc6cc(N)ccc6c5)c4c3)ccc2c1. The van der Waals surface area contributed by atoms with Crippen molar-refractivity contribution in [3.8, 4) is 33.4 Å². The van der Waals surface area contributed by atoms with Gasteiger partial charge in [0.05, 0.1) is 0 Å². The average Bonchev–Trinajstić information content (AvgIpc) is 3.03. The average molecular weight is 552 g/mol. The second-order valence-electron chi connectivity index (χ2n) is 11.4. The molecule has 8 aromatic carbocycles. The summed E-state index contributed by atoms with van der Waals surface area (Å²) in [5.74, 6) is 0. The molecular formula is C40H29N3. The van der Waals surface area contributed by atoms with Gasteiger partial charge in [0.25, 0.3) is 0 Å². The van der Waals surface area contributed by atoms with Gasteiger partial charge in [-0.2, -0.15) is 0 Å². The molecule has 0 aliphatic heterocycles. The van der Waals surface area contributed by atoms with Crippen LogP contribution in [0.4, 0.5) is 17.1 Å². The van der Waals surface area contributed by atoms with Gasteiger partial charge in [-0.25, -0.2) is 0 Å².